The van der Waals surface area contributed by atoms with E-state index < -0.39 is 5.54 Å². The number of hydrogen-bond acceptors (Lipinski definition) is 6. The minimum atomic E-state index is -0.736. The van der Waals surface area contributed by atoms with Crippen LogP contribution in [0.2, 0.25) is 0 Å². The van der Waals surface area contributed by atoms with Crippen LogP contribution in [-0.4, -0.2) is 25.5 Å². The van der Waals surface area contributed by atoms with Crippen molar-refractivity contribution < 1.29 is 0 Å². The molecule has 3 aromatic rings. The summed E-state index contributed by atoms with van der Waals surface area (Å²) in [5.74, 6) is 1.19. The van der Waals surface area contributed by atoms with Crippen LogP contribution >= 0.6 is 0 Å². The molecular weight excluding hydrogens is 276 g/mol. The minimum absolute atomic E-state index is 0.569. The molecule has 0 bridgehead atoms. The second-order valence-electron chi connectivity index (χ2n) is 5.39. The van der Waals surface area contributed by atoms with Crippen molar-refractivity contribution in [1.29, 1.82) is 5.26 Å². The highest BCUT2D eigenvalue weighted by molar-refractivity contribution is 5.90. The van der Waals surface area contributed by atoms with Crippen LogP contribution in [0.25, 0.3) is 22.3 Å². The standard InChI is InChI=1S/C16H14N6/c1-16(2,10-17)22-15-12-5-8-19-9-13(12)20-14(21-15)11-3-6-18-7-4-11/h3-9H,1-2H3,(H,20,21,22). The van der Waals surface area contributed by atoms with E-state index in [0.717, 1.165) is 16.5 Å². The molecule has 0 aromatic carbocycles. The molecule has 0 saturated heterocycles. The lowest BCUT2D eigenvalue weighted by atomic mass is 10.1. The summed E-state index contributed by atoms with van der Waals surface area (Å²) >= 11 is 0. The van der Waals surface area contributed by atoms with Gasteiger partial charge in [0.15, 0.2) is 5.82 Å². The Labute approximate surface area is 127 Å². The number of pyridine rings is 2. The molecule has 3 heterocycles. The van der Waals surface area contributed by atoms with Gasteiger partial charge in [0, 0.05) is 29.5 Å². The van der Waals surface area contributed by atoms with Crippen LogP contribution in [-0.2, 0) is 0 Å². The third-order valence-corrected chi connectivity index (χ3v) is 3.15. The number of rotatable bonds is 3. The first-order valence-corrected chi connectivity index (χ1v) is 6.81. The summed E-state index contributed by atoms with van der Waals surface area (Å²) in [6.07, 6.45) is 6.76. The molecule has 1 N–H and O–H groups in total. The highest BCUT2D eigenvalue weighted by atomic mass is 15.1. The van der Waals surface area contributed by atoms with Crippen LogP contribution in [0.1, 0.15) is 13.8 Å². The van der Waals surface area contributed by atoms with Crippen molar-refractivity contribution in [3.63, 3.8) is 0 Å². The maximum atomic E-state index is 9.24. The van der Waals surface area contributed by atoms with Crippen LogP contribution in [0.3, 0.4) is 0 Å². The molecule has 6 heteroatoms. The van der Waals surface area contributed by atoms with Gasteiger partial charge in [0.05, 0.1) is 17.8 Å². The summed E-state index contributed by atoms with van der Waals surface area (Å²) in [7, 11) is 0. The molecule has 0 aliphatic rings. The van der Waals surface area contributed by atoms with E-state index in [9.17, 15) is 5.26 Å². The van der Waals surface area contributed by atoms with Crippen LogP contribution in [0, 0.1) is 11.3 Å². The zero-order valence-electron chi connectivity index (χ0n) is 12.3. The largest absolute Gasteiger partial charge is 0.352 e. The van der Waals surface area contributed by atoms with Gasteiger partial charge >= 0.3 is 0 Å². The molecule has 6 nitrogen and oxygen atoms in total. The number of aromatic nitrogens is 4. The van der Waals surface area contributed by atoms with Gasteiger partial charge in [-0.2, -0.15) is 5.26 Å². The van der Waals surface area contributed by atoms with Crippen molar-refractivity contribution in [3.8, 4) is 17.5 Å². The quantitative estimate of drug-likeness (QED) is 0.798. The summed E-state index contributed by atoms with van der Waals surface area (Å²) in [5, 5.41) is 13.2. The van der Waals surface area contributed by atoms with E-state index in [-0.39, 0.29) is 0 Å². The molecule has 0 unspecified atom stereocenters. The van der Waals surface area contributed by atoms with Crippen LogP contribution < -0.4 is 5.32 Å². The highest BCUT2D eigenvalue weighted by Gasteiger charge is 2.19. The van der Waals surface area contributed by atoms with Gasteiger partial charge in [0.25, 0.3) is 0 Å². The first kappa shape index (κ1) is 13.9. The van der Waals surface area contributed by atoms with E-state index >= 15 is 0 Å². The van der Waals surface area contributed by atoms with Crippen LogP contribution in [0.4, 0.5) is 5.82 Å². The van der Waals surface area contributed by atoms with Crippen molar-refractivity contribution in [2.75, 3.05) is 5.32 Å². The number of anilines is 1. The molecule has 0 fully saturated rings. The molecule has 0 radical (unpaired) electrons. The van der Waals surface area contributed by atoms with E-state index in [1.807, 2.05) is 18.2 Å². The summed E-state index contributed by atoms with van der Waals surface area (Å²) in [6.45, 7) is 3.60. The topological polar surface area (TPSA) is 87.4 Å². The average Bonchev–Trinajstić information content (AvgIpc) is 2.55. The third-order valence-electron chi connectivity index (χ3n) is 3.15. The van der Waals surface area contributed by atoms with Crippen molar-refractivity contribution >= 4 is 16.7 Å². The SMILES string of the molecule is CC(C)(C#N)Nc1nc(-c2ccncc2)nc2cnccc12. The van der Waals surface area contributed by atoms with Crippen molar-refractivity contribution in [3.05, 3.63) is 43.0 Å². The Morgan fingerprint density at radius 2 is 1.77 bits per heavy atom. The Hall–Kier alpha value is -3.07. The molecule has 0 aliphatic heterocycles. The Morgan fingerprint density at radius 3 is 2.50 bits per heavy atom. The number of nitriles is 1. The molecule has 3 aromatic heterocycles. The highest BCUT2D eigenvalue weighted by Crippen LogP contribution is 2.25. The van der Waals surface area contributed by atoms with Gasteiger partial charge in [-0.15, -0.1) is 0 Å². The van der Waals surface area contributed by atoms with E-state index in [4.69, 9.17) is 0 Å². The van der Waals surface area contributed by atoms with Gasteiger partial charge in [-0.3, -0.25) is 9.97 Å². The first-order chi connectivity index (χ1) is 10.6. The number of fused-ring (bicyclic) bond motifs is 1. The Kier molecular flexibility index (Phi) is 3.39. The lowest BCUT2D eigenvalue weighted by Crippen LogP contribution is -2.29. The third kappa shape index (κ3) is 2.69. The van der Waals surface area contributed by atoms with E-state index in [1.54, 1.807) is 38.6 Å². The van der Waals surface area contributed by atoms with Gasteiger partial charge in [-0.25, -0.2) is 9.97 Å². The fourth-order valence-electron chi connectivity index (χ4n) is 2.03. The van der Waals surface area contributed by atoms with E-state index in [1.165, 1.54) is 0 Å². The lowest BCUT2D eigenvalue weighted by Gasteiger charge is -2.19. The molecule has 0 saturated carbocycles. The second kappa shape index (κ2) is 5.37. The predicted octanol–water partition coefficient (Wildman–Crippen LogP) is 2.80. The smallest absolute Gasteiger partial charge is 0.162 e. The maximum Gasteiger partial charge on any atom is 0.162 e. The first-order valence-electron chi connectivity index (χ1n) is 6.81. The molecule has 22 heavy (non-hydrogen) atoms. The number of nitrogens with one attached hydrogen (secondary N) is 1. The lowest BCUT2D eigenvalue weighted by molar-refractivity contribution is 0.725. The van der Waals surface area contributed by atoms with E-state index in [0.29, 0.717) is 11.6 Å². The monoisotopic (exact) mass is 290 g/mol. The average molecular weight is 290 g/mol. The van der Waals surface area contributed by atoms with Crippen LogP contribution in [0.5, 0.6) is 0 Å². The van der Waals surface area contributed by atoms with Crippen molar-refractivity contribution in [1.82, 2.24) is 19.9 Å². The van der Waals surface area contributed by atoms with Crippen LogP contribution in [0.15, 0.2) is 43.0 Å². The molecule has 0 amide bonds. The van der Waals surface area contributed by atoms with Gasteiger partial charge in [0.1, 0.15) is 11.4 Å². The zero-order valence-corrected chi connectivity index (χ0v) is 12.3. The zero-order chi connectivity index (χ0) is 15.6. The summed E-state index contributed by atoms with van der Waals surface area (Å²) < 4.78 is 0. The molecule has 0 atom stereocenters. The van der Waals surface area contributed by atoms with Gasteiger partial charge in [-0.05, 0) is 32.0 Å². The van der Waals surface area contributed by atoms with Gasteiger partial charge < -0.3 is 5.32 Å². The summed E-state index contributed by atoms with van der Waals surface area (Å²) in [4.78, 5) is 17.2. The molecule has 3 rings (SSSR count). The molecule has 108 valence electrons. The Morgan fingerprint density at radius 1 is 1.05 bits per heavy atom. The predicted molar refractivity (Wildman–Crippen MR) is 83.9 cm³/mol. The Bertz CT molecular complexity index is 851. The normalized spacial score (nSPS) is 11.1. The molecular formula is C16H14N6. The number of nitrogens with zero attached hydrogens (tertiary/aromatic N) is 5. The summed E-state index contributed by atoms with van der Waals surface area (Å²) in [6, 6.07) is 7.74. The van der Waals surface area contributed by atoms with Crippen molar-refractivity contribution in [2.45, 2.75) is 19.4 Å². The van der Waals surface area contributed by atoms with Gasteiger partial charge in [-0.1, -0.05) is 0 Å². The van der Waals surface area contributed by atoms with E-state index in [2.05, 4.69) is 31.3 Å². The maximum absolute atomic E-state index is 9.24. The number of hydrogen-bond donors (Lipinski definition) is 1. The van der Waals surface area contributed by atoms with Crippen molar-refractivity contribution in [2.24, 2.45) is 0 Å². The molecule has 0 aliphatic carbocycles. The second-order valence-corrected chi connectivity index (χ2v) is 5.39. The fourth-order valence-corrected chi connectivity index (χ4v) is 2.03. The van der Waals surface area contributed by atoms with Gasteiger partial charge in [0.2, 0.25) is 0 Å². The summed E-state index contributed by atoms with van der Waals surface area (Å²) in [5.41, 5.74) is 0.846. The fraction of sp³-hybridized carbons (Fsp3) is 0.188. The molecule has 0 spiro atoms. The minimum Gasteiger partial charge on any atom is -0.352 e. The Balaban J connectivity index is 2.19.